The Kier molecular flexibility index (Phi) is 3.97. The molecule has 4 atom stereocenters. The molecule has 0 radical (unpaired) electrons. The molecule has 4 rings (SSSR count). The molecule has 1 aromatic rings. The van der Waals surface area contributed by atoms with Crippen molar-refractivity contribution in [2.24, 2.45) is 11.8 Å². The van der Waals surface area contributed by atoms with E-state index in [4.69, 9.17) is 4.74 Å². The lowest BCUT2D eigenvalue weighted by Crippen LogP contribution is -2.70. The van der Waals surface area contributed by atoms with E-state index in [9.17, 15) is 9.59 Å². The van der Waals surface area contributed by atoms with Gasteiger partial charge < -0.3 is 15.0 Å². The zero-order valence-corrected chi connectivity index (χ0v) is 15.0. The fourth-order valence-electron chi connectivity index (χ4n) is 5.07. The molecular formula is C20H26N2O3. The number of para-hydroxylation sites is 1. The lowest BCUT2D eigenvalue weighted by molar-refractivity contribution is -0.165. The zero-order chi connectivity index (χ0) is 17.6. The second-order valence-electron chi connectivity index (χ2n) is 7.38. The number of fused-ring (bicyclic) bond motifs is 2. The monoisotopic (exact) mass is 342 g/mol. The highest BCUT2D eigenvalue weighted by Crippen LogP contribution is 2.55. The van der Waals surface area contributed by atoms with Crippen molar-refractivity contribution >= 4 is 11.8 Å². The number of hydrogen-bond donors (Lipinski definition) is 1. The Bertz CT molecular complexity index is 700. The molecule has 5 heteroatoms. The minimum Gasteiger partial charge on any atom is -0.467 e. The number of ether oxygens (including phenoxy) is 1. The van der Waals surface area contributed by atoms with Crippen molar-refractivity contribution in [1.29, 1.82) is 0 Å². The van der Waals surface area contributed by atoms with Crippen LogP contribution >= 0.6 is 0 Å². The van der Waals surface area contributed by atoms with Gasteiger partial charge in [0.15, 0.2) is 5.72 Å². The molecule has 2 fully saturated rings. The van der Waals surface area contributed by atoms with E-state index < -0.39 is 11.6 Å². The topological polar surface area (TPSA) is 58.6 Å². The maximum absolute atomic E-state index is 13.2. The molecule has 1 aromatic carbocycles. The summed E-state index contributed by atoms with van der Waals surface area (Å²) in [7, 11) is 0. The first-order chi connectivity index (χ1) is 12.1. The second kappa shape index (κ2) is 6.04. The van der Waals surface area contributed by atoms with Gasteiger partial charge in [-0.05, 0) is 38.3 Å². The quantitative estimate of drug-likeness (QED) is 0.859. The summed E-state index contributed by atoms with van der Waals surface area (Å²) in [4.78, 5) is 28.0. The third-order valence-corrected chi connectivity index (χ3v) is 6.23. The van der Waals surface area contributed by atoms with Crippen molar-refractivity contribution in [1.82, 2.24) is 10.2 Å². The summed E-state index contributed by atoms with van der Waals surface area (Å²) >= 11 is 0. The number of piperidine rings is 1. The molecule has 25 heavy (non-hydrogen) atoms. The van der Waals surface area contributed by atoms with Crippen molar-refractivity contribution < 1.29 is 14.3 Å². The fourth-order valence-corrected chi connectivity index (χ4v) is 5.07. The van der Waals surface area contributed by atoms with Crippen LogP contribution in [-0.2, 0) is 9.59 Å². The summed E-state index contributed by atoms with van der Waals surface area (Å²) in [6.45, 7) is 5.18. The molecular weight excluding hydrogens is 316 g/mol. The molecule has 134 valence electrons. The van der Waals surface area contributed by atoms with Gasteiger partial charge in [0.1, 0.15) is 11.7 Å². The van der Waals surface area contributed by atoms with E-state index in [-0.39, 0.29) is 23.7 Å². The SMILES string of the molecule is CCN(CC)C(=O)[C@H]1C(=O)N[C@]23CCCC[C@H]2[C@@H]1c1ccccc1O3. The van der Waals surface area contributed by atoms with E-state index in [1.807, 2.05) is 38.1 Å². The van der Waals surface area contributed by atoms with Crippen LogP contribution < -0.4 is 10.1 Å². The maximum Gasteiger partial charge on any atom is 0.236 e. The van der Waals surface area contributed by atoms with Gasteiger partial charge in [-0.1, -0.05) is 24.6 Å². The average molecular weight is 342 g/mol. The first-order valence-electron chi connectivity index (χ1n) is 9.50. The van der Waals surface area contributed by atoms with Gasteiger partial charge in [-0.25, -0.2) is 0 Å². The van der Waals surface area contributed by atoms with Gasteiger partial charge in [-0.2, -0.15) is 0 Å². The van der Waals surface area contributed by atoms with Crippen LogP contribution in [0, 0.1) is 11.8 Å². The van der Waals surface area contributed by atoms with Crippen molar-refractivity contribution in [3.05, 3.63) is 29.8 Å². The van der Waals surface area contributed by atoms with E-state index in [1.54, 1.807) is 4.90 Å². The summed E-state index contributed by atoms with van der Waals surface area (Å²) in [6, 6.07) is 7.92. The van der Waals surface area contributed by atoms with Gasteiger partial charge in [0.2, 0.25) is 11.8 Å². The predicted octanol–water partition coefficient (Wildman–Crippen LogP) is 2.66. The highest BCUT2D eigenvalue weighted by atomic mass is 16.5. The summed E-state index contributed by atoms with van der Waals surface area (Å²) in [6.07, 6.45) is 3.97. The third-order valence-electron chi connectivity index (χ3n) is 6.23. The van der Waals surface area contributed by atoms with Gasteiger partial charge in [-0.3, -0.25) is 9.59 Å². The van der Waals surface area contributed by atoms with Crippen LogP contribution in [0.4, 0.5) is 0 Å². The standard InChI is InChI=1S/C20H26N2O3/c1-3-22(4-2)19(24)17-16-13-9-5-6-11-15(13)25-20(21-18(17)23)12-8-7-10-14(16)20/h5-6,9,11,14,16-17H,3-4,7-8,10,12H2,1-2H3,(H,21,23)/t14-,16-,17+,20-/m0/s1. The summed E-state index contributed by atoms with van der Waals surface area (Å²) in [5.74, 6) is 0.0209. The maximum atomic E-state index is 13.2. The average Bonchev–Trinajstić information content (AvgIpc) is 2.61. The lowest BCUT2D eigenvalue weighted by atomic mass is 9.62. The number of amides is 2. The van der Waals surface area contributed by atoms with Crippen LogP contribution in [0.25, 0.3) is 0 Å². The Morgan fingerprint density at radius 1 is 1.28 bits per heavy atom. The normalized spacial score (nSPS) is 32.7. The van der Waals surface area contributed by atoms with Crippen LogP contribution in [0.5, 0.6) is 5.75 Å². The van der Waals surface area contributed by atoms with Crippen LogP contribution in [0.3, 0.4) is 0 Å². The first-order valence-corrected chi connectivity index (χ1v) is 9.50. The molecule has 0 spiro atoms. The number of nitrogens with zero attached hydrogens (tertiary/aromatic N) is 1. The smallest absolute Gasteiger partial charge is 0.236 e. The van der Waals surface area contributed by atoms with Gasteiger partial charge >= 0.3 is 0 Å². The molecule has 2 amide bonds. The predicted molar refractivity (Wildman–Crippen MR) is 94.1 cm³/mol. The van der Waals surface area contributed by atoms with Crippen LogP contribution in [0.2, 0.25) is 0 Å². The minimum absolute atomic E-state index is 0.0524. The summed E-state index contributed by atoms with van der Waals surface area (Å²) < 4.78 is 6.35. The van der Waals surface area contributed by atoms with Crippen molar-refractivity contribution in [2.45, 2.75) is 51.2 Å². The van der Waals surface area contributed by atoms with Gasteiger partial charge in [0, 0.05) is 31.3 Å². The molecule has 1 saturated heterocycles. The number of carbonyl (C=O) groups is 2. The Hall–Kier alpha value is -2.04. The van der Waals surface area contributed by atoms with Gasteiger partial charge in [0.05, 0.1) is 0 Å². The lowest BCUT2D eigenvalue weighted by Gasteiger charge is -2.56. The largest absolute Gasteiger partial charge is 0.467 e. The molecule has 0 unspecified atom stereocenters. The second-order valence-corrected chi connectivity index (χ2v) is 7.38. The number of nitrogens with one attached hydrogen (secondary N) is 1. The van der Waals surface area contributed by atoms with Gasteiger partial charge in [0.25, 0.3) is 0 Å². The Labute approximate surface area is 148 Å². The van der Waals surface area contributed by atoms with Crippen LogP contribution in [0.1, 0.15) is 51.0 Å². The third kappa shape index (κ3) is 2.35. The van der Waals surface area contributed by atoms with Crippen molar-refractivity contribution in [3.8, 4) is 5.75 Å². The highest BCUT2D eigenvalue weighted by molar-refractivity contribution is 6.02. The van der Waals surface area contributed by atoms with Gasteiger partial charge in [-0.15, -0.1) is 0 Å². The molecule has 1 saturated carbocycles. The van der Waals surface area contributed by atoms with Crippen LogP contribution in [0.15, 0.2) is 24.3 Å². The fraction of sp³-hybridized carbons (Fsp3) is 0.600. The molecule has 1 N–H and O–H groups in total. The molecule has 2 heterocycles. The first kappa shape index (κ1) is 16.4. The van der Waals surface area contributed by atoms with E-state index in [0.717, 1.165) is 37.0 Å². The van der Waals surface area contributed by atoms with E-state index in [2.05, 4.69) is 5.32 Å². The summed E-state index contributed by atoms with van der Waals surface area (Å²) in [5, 5.41) is 3.13. The number of benzene rings is 1. The van der Waals surface area contributed by atoms with Crippen LogP contribution in [-0.4, -0.2) is 35.5 Å². The summed E-state index contributed by atoms with van der Waals surface area (Å²) in [5.41, 5.74) is 0.388. The Morgan fingerprint density at radius 2 is 2.04 bits per heavy atom. The molecule has 0 aromatic heterocycles. The zero-order valence-electron chi connectivity index (χ0n) is 15.0. The van der Waals surface area contributed by atoms with Crippen molar-refractivity contribution in [2.75, 3.05) is 13.1 Å². The molecule has 3 aliphatic rings. The number of hydrogen-bond acceptors (Lipinski definition) is 3. The van der Waals surface area contributed by atoms with E-state index in [0.29, 0.717) is 13.1 Å². The van der Waals surface area contributed by atoms with E-state index >= 15 is 0 Å². The Morgan fingerprint density at radius 3 is 2.80 bits per heavy atom. The molecule has 5 nitrogen and oxygen atoms in total. The van der Waals surface area contributed by atoms with E-state index in [1.165, 1.54) is 0 Å². The minimum atomic E-state index is -0.652. The molecule has 2 bridgehead atoms. The van der Waals surface area contributed by atoms with Crippen molar-refractivity contribution in [3.63, 3.8) is 0 Å². The Balaban J connectivity index is 1.83. The molecule has 1 aliphatic carbocycles. The molecule has 2 aliphatic heterocycles. The number of rotatable bonds is 3. The number of carbonyl (C=O) groups excluding carboxylic acids is 2. The highest BCUT2D eigenvalue weighted by Gasteiger charge is 2.60.